The van der Waals surface area contributed by atoms with Gasteiger partial charge < -0.3 is 16.0 Å². The van der Waals surface area contributed by atoms with Crippen molar-refractivity contribution in [1.29, 1.82) is 0 Å². The van der Waals surface area contributed by atoms with Gasteiger partial charge in [-0.1, -0.05) is 19.9 Å². The number of fused-ring (bicyclic) bond motifs is 1. The Morgan fingerprint density at radius 1 is 1.40 bits per heavy atom. The molecular weight excluding hydrogens is 250 g/mol. The highest BCUT2D eigenvalue weighted by molar-refractivity contribution is 5.82. The van der Waals surface area contributed by atoms with Crippen molar-refractivity contribution in [3.63, 3.8) is 0 Å². The number of nitrogen functional groups attached to an aromatic ring is 1. The van der Waals surface area contributed by atoms with E-state index in [9.17, 15) is 4.79 Å². The third-order valence-corrected chi connectivity index (χ3v) is 4.11. The second kappa shape index (κ2) is 6.16. The molecule has 110 valence electrons. The summed E-state index contributed by atoms with van der Waals surface area (Å²) in [5.74, 6) is 0.532. The number of rotatable bonds is 4. The van der Waals surface area contributed by atoms with Crippen LogP contribution < -0.4 is 16.0 Å². The van der Waals surface area contributed by atoms with Gasteiger partial charge in [-0.3, -0.25) is 4.79 Å². The van der Waals surface area contributed by atoms with Crippen LogP contribution in [0.15, 0.2) is 18.2 Å². The van der Waals surface area contributed by atoms with E-state index in [4.69, 9.17) is 5.73 Å². The van der Waals surface area contributed by atoms with Gasteiger partial charge in [-0.2, -0.15) is 0 Å². The van der Waals surface area contributed by atoms with Crippen LogP contribution in [0.4, 0.5) is 11.4 Å². The van der Waals surface area contributed by atoms with Gasteiger partial charge in [-0.15, -0.1) is 0 Å². The lowest BCUT2D eigenvalue weighted by atomic mass is 10.00. The van der Waals surface area contributed by atoms with Crippen LogP contribution in [-0.4, -0.2) is 25.0 Å². The summed E-state index contributed by atoms with van der Waals surface area (Å²) in [7, 11) is 0. The lowest BCUT2D eigenvalue weighted by molar-refractivity contribution is -0.120. The van der Waals surface area contributed by atoms with Crippen LogP contribution >= 0.6 is 0 Å². The van der Waals surface area contributed by atoms with Gasteiger partial charge in [0.05, 0.1) is 6.54 Å². The highest BCUT2D eigenvalue weighted by Gasteiger charge is 2.21. The first kappa shape index (κ1) is 14.7. The van der Waals surface area contributed by atoms with Gasteiger partial charge in [0.2, 0.25) is 5.91 Å². The lowest BCUT2D eigenvalue weighted by Gasteiger charge is -2.32. The molecule has 1 heterocycles. The molecule has 0 saturated heterocycles. The van der Waals surface area contributed by atoms with Crippen molar-refractivity contribution < 1.29 is 4.79 Å². The molecule has 0 bridgehead atoms. The van der Waals surface area contributed by atoms with E-state index in [0.29, 0.717) is 12.5 Å². The van der Waals surface area contributed by atoms with Gasteiger partial charge >= 0.3 is 0 Å². The smallest absolute Gasteiger partial charge is 0.239 e. The molecule has 1 atom stereocenters. The molecule has 20 heavy (non-hydrogen) atoms. The minimum absolute atomic E-state index is 0.0847. The van der Waals surface area contributed by atoms with E-state index < -0.39 is 0 Å². The molecule has 1 aromatic rings. The standard InChI is InChI=1S/C16H25N3O/c1-11(2)12(3)18-16(20)10-19-9-5-6-13-14(17)7-4-8-15(13)19/h4,7-8,11-12H,5-6,9-10,17H2,1-3H3,(H,18,20). The Kier molecular flexibility index (Phi) is 4.53. The summed E-state index contributed by atoms with van der Waals surface area (Å²) in [5.41, 5.74) is 9.16. The number of benzene rings is 1. The molecule has 0 aliphatic carbocycles. The Labute approximate surface area is 121 Å². The van der Waals surface area contributed by atoms with Gasteiger partial charge in [-0.05, 0) is 43.4 Å². The quantitative estimate of drug-likeness (QED) is 0.828. The highest BCUT2D eigenvalue weighted by atomic mass is 16.2. The predicted molar refractivity (Wildman–Crippen MR) is 83.8 cm³/mol. The number of hydrogen-bond acceptors (Lipinski definition) is 3. The second-order valence-corrected chi connectivity index (χ2v) is 5.97. The first-order chi connectivity index (χ1) is 9.49. The number of nitrogens with zero attached hydrogens (tertiary/aromatic N) is 1. The Hall–Kier alpha value is -1.71. The molecule has 1 aliphatic rings. The van der Waals surface area contributed by atoms with Crippen LogP contribution in [0.25, 0.3) is 0 Å². The zero-order chi connectivity index (χ0) is 14.7. The number of nitrogens with one attached hydrogen (secondary N) is 1. The van der Waals surface area contributed by atoms with Gasteiger partial charge in [0.15, 0.2) is 0 Å². The molecule has 4 nitrogen and oxygen atoms in total. The summed E-state index contributed by atoms with van der Waals surface area (Å²) >= 11 is 0. The molecule has 1 aliphatic heterocycles. The van der Waals surface area contributed by atoms with E-state index >= 15 is 0 Å². The maximum absolute atomic E-state index is 12.1. The van der Waals surface area contributed by atoms with E-state index in [2.05, 4.69) is 30.1 Å². The van der Waals surface area contributed by atoms with Crippen molar-refractivity contribution in [3.8, 4) is 0 Å². The molecule has 0 saturated carbocycles. The maximum Gasteiger partial charge on any atom is 0.239 e. The van der Waals surface area contributed by atoms with Crippen molar-refractivity contribution in [2.75, 3.05) is 23.7 Å². The van der Waals surface area contributed by atoms with Gasteiger partial charge in [0, 0.05) is 24.0 Å². The molecule has 0 aromatic heterocycles. The molecule has 2 rings (SSSR count). The molecular formula is C16H25N3O. The summed E-state index contributed by atoms with van der Waals surface area (Å²) in [6.07, 6.45) is 2.05. The Balaban J connectivity index is 2.05. The zero-order valence-electron chi connectivity index (χ0n) is 12.6. The molecule has 3 N–H and O–H groups in total. The van der Waals surface area contributed by atoms with Crippen LogP contribution in [-0.2, 0) is 11.2 Å². The molecule has 0 spiro atoms. The minimum atomic E-state index is 0.0847. The van der Waals surface area contributed by atoms with Crippen LogP contribution in [0.1, 0.15) is 32.8 Å². The first-order valence-electron chi connectivity index (χ1n) is 7.40. The summed E-state index contributed by atoms with van der Waals surface area (Å²) in [6.45, 7) is 7.60. The number of hydrogen-bond donors (Lipinski definition) is 2. The van der Waals surface area contributed by atoms with Gasteiger partial charge in [0.1, 0.15) is 0 Å². The van der Waals surface area contributed by atoms with Crippen molar-refractivity contribution in [2.45, 2.75) is 39.7 Å². The fraction of sp³-hybridized carbons (Fsp3) is 0.562. The van der Waals surface area contributed by atoms with Crippen LogP contribution in [0.5, 0.6) is 0 Å². The minimum Gasteiger partial charge on any atom is -0.398 e. The van der Waals surface area contributed by atoms with Crippen LogP contribution in [0, 0.1) is 5.92 Å². The maximum atomic E-state index is 12.1. The molecule has 0 radical (unpaired) electrons. The van der Waals surface area contributed by atoms with E-state index in [1.54, 1.807) is 0 Å². The largest absolute Gasteiger partial charge is 0.398 e. The second-order valence-electron chi connectivity index (χ2n) is 5.97. The molecule has 4 heteroatoms. The summed E-state index contributed by atoms with van der Waals surface area (Å²) in [4.78, 5) is 14.3. The molecule has 0 fully saturated rings. The number of carbonyl (C=O) groups excluding carboxylic acids is 1. The lowest BCUT2D eigenvalue weighted by Crippen LogP contribution is -2.44. The van der Waals surface area contributed by atoms with Crippen molar-refractivity contribution >= 4 is 17.3 Å². The van der Waals surface area contributed by atoms with Crippen molar-refractivity contribution in [3.05, 3.63) is 23.8 Å². The topological polar surface area (TPSA) is 58.4 Å². The Bertz CT molecular complexity index is 485. The fourth-order valence-corrected chi connectivity index (χ4v) is 2.53. The first-order valence-corrected chi connectivity index (χ1v) is 7.40. The Morgan fingerprint density at radius 2 is 2.15 bits per heavy atom. The number of amides is 1. The summed E-state index contributed by atoms with van der Waals surface area (Å²) in [5, 5.41) is 3.06. The summed E-state index contributed by atoms with van der Waals surface area (Å²) < 4.78 is 0. The van der Waals surface area contributed by atoms with Crippen LogP contribution in [0.3, 0.4) is 0 Å². The van der Waals surface area contributed by atoms with Gasteiger partial charge in [-0.25, -0.2) is 0 Å². The fourth-order valence-electron chi connectivity index (χ4n) is 2.53. The third-order valence-electron chi connectivity index (χ3n) is 4.11. The number of carbonyl (C=O) groups is 1. The normalized spacial score (nSPS) is 15.9. The van der Waals surface area contributed by atoms with Crippen LogP contribution in [0.2, 0.25) is 0 Å². The Morgan fingerprint density at radius 3 is 2.85 bits per heavy atom. The van der Waals surface area contributed by atoms with Crippen molar-refractivity contribution in [2.24, 2.45) is 5.92 Å². The monoisotopic (exact) mass is 275 g/mol. The van der Waals surface area contributed by atoms with E-state index in [0.717, 1.165) is 30.8 Å². The van der Waals surface area contributed by atoms with E-state index in [-0.39, 0.29) is 11.9 Å². The average molecular weight is 275 g/mol. The predicted octanol–water partition coefficient (Wildman–Crippen LogP) is 2.18. The van der Waals surface area contributed by atoms with E-state index in [1.165, 1.54) is 5.56 Å². The SMILES string of the molecule is CC(C)C(C)NC(=O)CN1CCCc2c(N)cccc21. The molecule has 1 aromatic carbocycles. The van der Waals surface area contributed by atoms with E-state index in [1.807, 2.05) is 19.1 Å². The third kappa shape index (κ3) is 3.24. The number of anilines is 2. The summed E-state index contributed by atoms with van der Waals surface area (Å²) in [6, 6.07) is 6.15. The van der Waals surface area contributed by atoms with Crippen molar-refractivity contribution in [1.82, 2.24) is 5.32 Å². The zero-order valence-corrected chi connectivity index (χ0v) is 12.6. The highest BCUT2D eigenvalue weighted by Crippen LogP contribution is 2.30. The van der Waals surface area contributed by atoms with Gasteiger partial charge in [0.25, 0.3) is 0 Å². The average Bonchev–Trinajstić information content (AvgIpc) is 2.39. The molecule has 1 amide bonds. The number of nitrogens with two attached hydrogens (primary N) is 1. The molecule has 1 unspecified atom stereocenters.